The molecule has 8 nitrogen and oxygen atoms in total. The zero-order chi connectivity index (χ0) is 26.5. The topological polar surface area (TPSA) is 91.6 Å². The highest BCUT2D eigenvalue weighted by Crippen LogP contribution is 2.25. The molecule has 0 bridgehead atoms. The van der Waals surface area contributed by atoms with Crippen LogP contribution < -0.4 is 10.2 Å². The largest absolute Gasteiger partial charge is 0.411 e. The van der Waals surface area contributed by atoms with Crippen LogP contribution in [0.5, 0.6) is 0 Å². The molecule has 38 heavy (non-hydrogen) atoms. The number of halogens is 1. The average Bonchev–Trinajstić information content (AvgIpc) is 3.42. The number of anilines is 2. The summed E-state index contributed by atoms with van der Waals surface area (Å²) in [6.45, 7) is 4.65. The maximum Gasteiger partial charge on any atom is 0.277 e. The van der Waals surface area contributed by atoms with Crippen molar-refractivity contribution >= 4 is 46.6 Å². The summed E-state index contributed by atoms with van der Waals surface area (Å²) in [5, 5.41) is 11.8. The molecule has 0 radical (unpaired) electrons. The van der Waals surface area contributed by atoms with E-state index in [4.69, 9.17) is 16.0 Å². The summed E-state index contributed by atoms with van der Waals surface area (Å²) >= 11 is 7.39. The Morgan fingerprint density at radius 3 is 2.47 bits per heavy atom. The number of amides is 2. The van der Waals surface area contributed by atoms with Crippen LogP contribution in [-0.2, 0) is 4.79 Å². The molecule has 2 amide bonds. The van der Waals surface area contributed by atoms with Crippen LogP contribution in [-0.4, -0.2) is 58.8 Å². The molecule has 5 rings (SSSR count). The number of carbonyl (C=O) groups is 2. The van der Waals surface area contributed by atoms with Crippen molar-refractivity contribution in [3.8, 4) is 11.5 Å². The van der Waals surface area contributed by atoms with Crippen molar-refractivity contribution in [2.75, 3.05) is 42.1 Å². The van der Waals surface area contributed by atoms with Gasteiger partial charge in [-0.3, -0.25) is 9.59 Å². The Hall–Kier alpha value is -3.82. The maximum absolute atomic E-state index is 12.8. The van der Waals surface area contributed by atoms with E-state index in [1.165, 1.54) is 11.8 Å². The number of nitrogens with zero attached hydrogens (tertiary/aromatic N) is 4. The Kier molecular flexibility index (Phi) is 7.95. The minimum Gasteiger partial charge on any atom is -0.411 e. The highest BCUT2D eigenvalue weighted by atomic mass is 35.5. The Morgan fingerprint density at radius 2 is 1.74 bits per heavy atom. The number of nitrogens with one attached hydrogen (secondary N) is 1. The molecule has 1 fully saturated rings. The third kappa shape index (κ3) is 6.17. The lowest BCUT2D eigenvalue weighted by Crippen LogP contribution is -2.48. The first kappa shape index (κ1) is 25.8. The van der Waals surface area contributed by atoms with Crippen molar-refractivity contribution in [2.24, 2.45) is 0 Å². The molecule has 0 spiro atoms. The maximum atomic E-state index is 12.8. The molecule has 1 aliphatic rings. The van der Waals surface area contributed by atoms with E-state index in [-0.39, 0.29) is 17.6 Å². The van der Waals surface area contributed by atoms with Gasteiger partial charge in [0.2, 0.25) is 11.8 Å². The van der Waals surface area contributed by atoms with Gasteiger partial charge in [0.25, 0.3) is 11.1 Å². The van der Waals surface area contributed by atoms with Crippen molar-refractivity contribution in [3.63, 3.8) is 0 Å². The lowest BCUT2D eigenvalue weighted by molar-refractivity contribution is -0.113. The summed E-state index contributed by atoms with van der Waals surface area (Å²) in [6, 6.07) is 22.6. The fourth-order valence-electron chi connectivity index (χ4n) is 4.22. The molecule has 0 saturated carbocycles. The van der Waals surface area contributed by atoms with E-state index in [1.807, 2.05) is 72.5 Å². The monoisotopic (exact) mass is 547 g/mol. The Bertz CT molecular complexity index is 1430. The summed E-state index contributed by atoms with van der Waals surface area (Å²) in [7, 11) is 0. The van der Waals surface area contributed by atoms with Gasteiger partial charge < -0.3 is 19.5 Å². The summed E-state index contributed by atoms with van der Waals surface area (Å²) < 4.78 is 5.69. The number of hydrogen-bond donors (Lipinski definition) is 1. The van der Waals surface area contributed by atoms with Gasteiger partial charge >= 0.3 is 0 Å². The highest BCUT2D eigenvalue weighted by molar-refractivity contribution is 7.99. The summed E-state index contributed by atoms with van der Waals surface area (Å²) in [6.07, 6.45) is 0. The molecule has 2 heterocycles. The fraction of sp³-hybridized carbons (Fsp3) is 0.214. The van der Waals surface area contributed by atoms with Crippen LogP contribution in [0.4, 0.5) is 11.4 Å². The van der Waals surface area contributed by atoms with Crippen LogP contribution >= 0.6 is 23.4 Å². The van der Waals surface area contributed by atoms with Gasteiger partial charge in [0.15, 0.2) is 0 Å². The molecule has 1 N–H and O–H groups in total. The van der Waals surface area contributed by atoms with Crippen molar-refractivity contribution in [2.45, 2.75) is 12.1 Å². The van der Waals surface area contributed by atoms with Crippen molar-refractivity contribution < 1.29 is 14.0 Å². The average molecular weight is 548 g/mol. The van der Waals surface area contributed by atoms with Gasteiger partial charge in [0.05, 0.1) is 16.3 Å². The summed E-state index contributed by atoms with van der Waals surface area (Å²) in [4.78, 5) is 29.3. The number of thioether (sulfide) groups is 1. The van der Waals surface area contributed by atoms with Gasteiger partial charge in [-0.05, 0) is 55.5 Å². The first-order valence-electron chi connectivity index (χ1n) is 12.2. The van der Waals surface area contributed by atoms with E-state index in [2.05, 4.69) is 20.4 Å². The van der Waals surface area contributed by atoms with Gasteiger partial charge in [-0.15, -0.1) is 10.2 Å². The van der Waals surface area contributed by atoms with Gasteiger partial charge in [0, 0.05) is 43.1 Å². The minimum absolute atomic E-state index is 0.0434. The van der Waals surface area contributed by atoms with Crippen LogP contribution in [0, 0.1) is 6.92 Å². The van der Waals surface area contributed by atoms with Crippen LogP contribution in [0.2, 0.25) is 5.02 Å². The number of carbonyl (C=O) groups excluding carboxylic acids is 2. The molecule has 4 aromatic rings. The second-order valence-corrected chi connectivity index (χ2v) is 10.2. The van der Waals surface area contributed by atoms with E-state index in [9.17, 15) is 9.59 Å². The van der Waals surface area contributed by atoms with E-state index >= 15 is 0 Å². The third-order valence-corrected chi connectivity index (χ3v) is 7.33. The molecule has 0 atom stereocenters. The molecule has 1 aromatic heterocycles. The number of aryl methyl sites for hydroxylation is 1. The quantitative estimate of drug-likeness (QED) is 0.310. The molecule has 0 unspecified atom stereocenters. The van der Waals surface area contributed by atoms with Gasteiger partial charge in [0.1, 0.15) is 0 Å². The lowest BCUT2D eigenvalue weighted by Gasteiger charge is -2.36. The SMILES string of the molecule is Cc1cccc(-c2nnc(SCC(=O)Nc3ccc(N4CCN(C(=O)c5ccccc5Cl)CC4)cc3)o2)c1. The van der Waals surface area contributed by atoms with E-state index in [0.29, 0.717) is 53.6 Å². The molecule has 3 aromatic carbocycles. The molecule has 1 aliphatic heterocycles. The number of piperazine rings is 1. The second kappa shape index (κ2) is 11.7. The molecule has 10 heteroatoms. The zero-order valence-electron chi connectivity index (χ0n) is 20.8. The van der Waals surface area contributed by atoms with Crippen molar-refractivity contribution in [1.82, 2.24) is 15.1 Å². The van der Waals surface area contributed by atoms with E-state index in [1.54, 1.807) is 12.1 Å². The highest BCUT2D eigenvalue weighted by Gasteiger charge is 2.23. The third-order valence-electron chi connectivity index (χ3n) is 6.19. The number of benzene rings is 3. The zero-order valence-corrected chi connectivity index (χ0v) is 22.3. The Balaban J connectivity index is 1.09. The van der Waals surface area contributed by atoms with Gasteiger partial charge in [-0.25, -0.2) is 0 Å². The van der Waals surface area contributed by atoms with Gasteiger partial charge in [-0.1, -0.05) is 53.2 Å². The predicted octanol–water partition coefficient (Wildman–Crippen LogP) is 5.39. The summed E-state index contributed by atoms with van der Waals surface area (Å²) in [5.74, 6) is 0.377. The Labute approximate surface area is 230 Å². The predicted molar refractivity (Wildman–Crippen MR) is 150 cm³/mol. The van der Waals surface area contributed by atoms with Crippen molar-refractivity contribution in [3.05, 3.63) is 88.9 Å². The lowest BCUT2D eigenvalue weighted by atomic mass is 10.1. The van der Waals surface area contributed by atoms with Crippen LogP contribution in [0.3, 0.4) is 0 Å². The molecule has 1 saturated heterocycles. The van der Waals surface area contributed by atoms with Crippen molar-refractivity contribution in [1.29, 1.82) is 0 Å². The number of rotatable bonds is 7. The smallest absolute Gasteiger partial charge is 0.277 e. The molecular weight excluding hydrogens is 522 g/mol. The normalized spacial score (nSPS) is 13.4. The van der Waals surface area contributed by atoms with Crippen LogP contribution in [0.15, 0.2) is 82.4 Å². The van der Waals surface area contributed by atoms with Crippen LogP contribution in [0.25, 0.3) is 11.5 Å². The van der Waals surface area contributed by atoms with Crippen LogP contribution in [0.1, 0.15) is 15.9 Å². The number of hydrogen-bond acceptors (Lipinski definition) is 7. The summed E-state index contributed by atoms with van der Waals surface area (Å²) in [5.41, 5.74) is 4.23. The van der Waals surface area contributed by atoms with Gasteiger partial charge in [-0.2, -0.15) is 0 Å². The standard InChI is InChI=1S/C28H26ClN5O3S/c1-19-5-4-6-20(17-19)26-31-32-28(37-26)38-18-25(35)30-21-9-11-22(12-10-21)33-13-15-34(16-14-33)27(36)23-7-2-3-8-24(23)29/h2-12,17H,13-16,18H2,1H3,(H,30,35). The first-order valence-corrected chi connectivity index (χ1v) is 13.5. The first-order chi connectivity index (χ1) is 18.5. The molecular formula is C28H26ClN5O3S. The van der Waals surface area contributed by atoms with E-state index in [0.717, 1.165) is 16.8 Å². The van der Waals surface area contributed by atoms with E-state index < -0.39 is 0 Å². The number of aromatic nitrogens is 2. The minimum atomic E-state index is -0.162. The molecule has 0 aliphatic carbocycles. The second-order valence-electron chi connectivity index (χ2n) is 8.89. The Morgan fingerprint density at radius 1 is 0.974 bits per heavy atom. The fourth-order valence-corrected chi connectivity index (χ4v) is 5.00. The molecule has 194 valence electrons.